The van der Waals surface area contributed by atoms with Gasteiger partial charge in [-0.25, -0.2) is 4.98 Å². The molecule has 1 heterocycles. The second kappa shape index (κ2) is 8.09. The summed E-state index contributed by atoms with van der Waals surface area (Å²) in [5, 5.41) is 0. The summed E-state index contributed by atoms with van der Waals surface area (Å²) >= 11 is 0. The number of unbranched alkanes of at least 4 members (excludes halogenated alkanes) is 1. The maximum atomic E-state index is 5.82. The third kappa shape index (κ3) is 3.87. The van der Waals surface area contributed by atoms with Crippen LogP contribution in [-0.4, -0.2) is 16.2 Å². The Balaban J connectivity index is 1.50. The molecule has 4 rings (SSSR count). The molecule has 4 aromatic rings. The summed E-state index contributed by atoms with van der Waals surface area (Å²) in [6.45, 7) is 3.81. The van der Waals surface area contributed by atoms with Crippen molar-refractivity contribution in [2.24, 2.45) is 0 Å². The largest absolute Gasteiger partial charge is 0.494 e. The Labute approximate surface area is 160 Å². The minimum atomic E-state index is 0.732. The zero-order valence-electron chi connectivity index (χ0n) is 15.6. The fourth-order valence-electron chi connectivity index (χ4n) is 3.41. The lowest BCUT2D eigenvalue weighted by atomic mass is 10.1. The van der Waals surface area contributed by atoms with E-state index in [0.717, 1.165) is 43.1 Å². The Morgan fingerprint density at radius 2 is 1.56 bits per heavy atom. The molecule has 0 bridgehead atoms. The van der Waals surface area contributed by atoms with Crippen molar-refractivity contribution in [2.75, 3.05) is 6.61 Å². The van der Waals surface area contributed by atoms with Crippen LogP contribution in [0.5, 0.6) is 5.75 Å². The van der Waals surface area contributed by atoms with E-state index in [1.807, 2.05) is 30.3 Å². The lowest BCUT2D eigenvalue weighted by Crippen LogP contribution is -2.04. The molecule has 0 fully saturated rings. The maximum Gasteiger partial charge on any atom is 0.141 e. The average Bonchev–Trinajstić information content (AvgIpc) is 3.07. The van der Waals surface area contributed by atoms with Crippen molar-refractivity contribution in [1.82, 2.24) is 9.55 Å². The molecule has 0 amide bonds. The van der Waals surface area contributed by atoms with Crippen LogP contribution < -0.4 is 4.74 Å². The van der Waals surface area contributed by atoms with Crippen LogP contribution in [0.1, 0.15) is 18.4 Å². The molecule has 0 atom stereocenters. The lowest BCUT2D eigenvalue weighted by Gasteiger charge is -2.11. The van der Waals surface area contributed by atoms with Gasteiger partial charge in [-0.3, -0.25) is 0 Å². The van der Waals surface area contributed by atoms with Crippen LogP contribution in [0.4, 0.5) is 0 Å². The second-order valence-corrected chi connectivity index (χ2v) is 6.76. The highest BCUT2D eigenvalue weighted by atomic mass is 16.5. The van der Waals surface area contributed by atoms with E-state index in [9.17, 15) is 0 Å². The minimum absolute atomic E-state index is 0.732. The maximum absolute atomic E-state index is 5.82. The molecule has 1 aromatic heterocycles. The van der Waals surface area contributed by atoms with Crippen LogP contribution in [0.3, 0.4) is 0 Å². The van der Waals surface area contributed by atoms with Gasteiger partial charge < -0.3 is 9.30 Å². The zero-order chi connectivity index (χ0) is 18.5. The van der Waals surface area contributed by atoms with Gasteiger partial charge in [-0.1, -0.05) is 54.6 Å². The van der Waals surface area contributed by atoms with Gasteiger partial charge in [0.05, 0.1) is 17.6 Å². The van der Waals surface area contributed by atoms with Crippen LogP contribution in [0.25, 0.3) is 22.4 Å². The van der Waals surface area contributed by atoms with Crippen molar-refractivity contribution in [3.8, 4) is 17.1 Å². The van der Waals surface area contributed by atoms with Gasteiger partial charge in [0.25, 0.3) is 0 Å². The molecular weight excluding hydrogens is 332 g/mol. The molecule has 0 N–H and O–H groups in total. The zero-order valence-corrected chi connectivity index (χ0v) is 15.6. The van der Waals surface area contributed by atoms with Crippen LogP contribution in [0.2, 0.25) is 0 Å². The number of para-hydroxylation sites is 3. The van der Waals surface area contributed by atoms with Crippen LogP contribution >= 0.6 is 0 Å². The number of nitrogens with zero attached hydrogens (tertiary/aromatic N) is 2. The average molecular weight is 356 g/mol. The third-order valence-electron chi connectivity index (χ3n) is 4.83. The van der Waals surface area contributed by atoms with Gasteiger partial charge in [0.2, 0.25) is 0 Å². The van der Waals surface area contributed by atoms with E-state index < -0.39 is 0 Å². The summed E-state index contributed by atoms with van der Waals surface area (Å²) < 4.78 is 8.17. The quantitative estimate of drug-likeness (QED) is 0.387. The molecule has 0 aliphatic carbocycles. The Bertz CT molecular complexity index is 1020. The fourth-order valence-corrected chi connectivity index (χ4v) is 3.41. The number of hydrogen-bond acceptors (Lipinski definition) is 2. The third-order valence-corrected chi connectivity index (χ3v) is 4.83. The first-order valence-electron chi connectivity index (χ1n) is 9.52. The summed E-state index contributed by atoms with van der Waals surface area (Å²) in [6.07, 6.45) is 2.06. The van der Waals surface area contributed by atoms with Gasteiger partial charge in [0.1, 0.15) is 11.6 Å². The van der Waals surface area contributed by atoms with E-state index in [-0.39, 0.29) is 0 Å². The molecule has 3 nitrogen and oxygen atoms in total. The molecule has 0 radical (unpaired) electrons. The molecule has 0 spiro atoms. The number of ether oxygens (including phenoxy) is 1. The smallest absolute Gasteiger partial charge is 0.141 e. The van der Waals surface area contributed by atoms with Crippen molar-refractivity contribution in [1.29, 1.82) is 0 Å². The summed E-state index contributed by atoms with van der Waals surface area (Å²) in [6, 6.07) is 26.9. The van der Waals surface area contributed by atoms with Gasteiger partial charge in [-0.05, 0) is 49.6 Å². The first-order chi connectivity index (χ1) is 13.3. The van der Waals surface area contributed by atoms with Crippen molar-refractivity contribution >= 4 is 11.0 Å². The molecule has 0 saturated heterocycles. The molecule has 136 valence electrons. The topological polar surface area (TPSA) is 27.1 Å². The number of fused-ring (bicyclic) bond motifs is 1. The molecule has 0 saturated carbocycles. The van der Waals surface area contributed by atoms with E-state index in [1.165, 1.54) is 16.6 Å². The highest BCUT2D eigenvalue weighted by Gasteiger charge is 2.13. The SMILES string of the molecule is Cc1ccccc1-c1nc2ccccc2n1CCCCOc1ccccc1. The Hall–Kier alpha value is -3.07. The number of imidazole rings is 1. The summed E-state index contributed by atoms with van der Waals surface area (Å²) in [4.78, 5) is 4.92. The monoisotopic (exact) mass is 356 g/mol. The van der Waals surface area contributed by atoms with Crippen LogP contribution in [0, 0.1) is 6.92 Å². The first kappa shape index (κ1) is 17.3. The number of hydrogen-bond donors (Lipinski definition) is 0. The molecule has 0 aliphatic heterocycles. The van der Waals surface area contributed by atoms with Gasteiger partial charge in [0, 0.05) is 12.1 Å². The van der Waals surface area contributed by atoms with Crippen molar-refractivity contribution in [3.63, 3.8) is 0 Å². The minimum Gasteiger partial charge on any atom is -0.494 e. The molecule has 3 aromatic carbocycles. The number of aromatic nitrogens is 2. The molecular formula is C24H24N2O. The van der Waals surface area contributed by atoms with Gasteiger partial charge >= 0.3 is 0 Å². The first-order valence-corrected chi connectivity index (χ1v) is 9.52. The van der Waals surface area contributed by atoms with Gasteiger partial charge in [-0.15, -0.1) is 0 Å². The van der Waals surface area contributed by atoms with E-state index in [4.69, 9.17) is 9.72 Å². The number of aryl methyl sites for hydroxylation is 2. The summed E-state index contributed by atoms with van der Waals surface area (Å²) in [5.41, 5.74) is 4.70. The summed E-state index contributed by atoms with van der Waals surface area (Å²) in [5.74, 6) is 1.99. The molecule has 27 heavy (non-hydrogen) atoms. The van der Waals surface area contributed by atoms with Crippen molar-refractivity contribution < 1.29 is 4.74 Å². The Morgan fingerprint density at radius 1 is 0.815 bits per heavy atom. The molecule has 0 unspecified atom stereocenters. The molecule has 0 aliphatic rings. The van der Waals surface area contributed by atoms with E-state index in [2.05, 4.69) is 60.0 Å². The Morgan fingerprint density at radius 3 is 2.41 bits per heavy atom. The van der Waals surface area contributed by atoms with Crippen LogP contribution in [0.15, 0.2) is 78.9 Å². The van der Waals surface area contributed by atoms with E-state index in [1.54, 1.807) is 0 Å². The predicted molar refractivity (Wildman–Crippen MR) is 111 cm³/mol. The lowest BCUT2D eigenvalue weighted by molar-refractivity contribution is 0.303. The standard InChI is InChI=1S/C24H24N2O/c1-19-11-5-6-14-21(19)24-25-22-15-7-8-16-23(22)26(24)17-9-10-18-27-20-12-3-2-4-13-20/h2-8,11-16H,9-10,17-18H2,1H3. The number of benzene rings is 3. The van der Waals surface area contributed by atoms with E-state index in [0.29, 0.717) is 0 Å². The highest BCUT2D eigenvalue weighted by molar-refractivity contribution is 5.81. The number of rotatable bonds is 7. The fraction of sp³-hybridized carbons (Fsp3) is 0.208. The van der Waals surface area contributed by atoms with Crippen LogP contribution in [-0.2, 0) is 6.54 Å². The van der Waals surface area contributed by atoms with E-state index >= 15 is 0 Å². The Kier molecular flexibility index (Phi) is 5.20. The second-order valence-electron chi connectivity index (χ2n) is 6.76. The highest BCUT2D eigenvalue weighted by Crippen LogP contribution is 2.27. The van der Waals surface area contributed by atoms with Crippen molar-refractivity contribution in [2.45, 2.75) is 26.3 Å². The van der Waals surface area contributed by atoms with Gasteiger partial charge in [0.15, 0.2) is 0 Å². The summed E-state index contributed by atoms with van der Waals surface area (Å²) in [7, 11) is 0. The van der Waals surface area contributed by atoms with Gasteiger partial charge in [-0.2, -0.15) is 0 Å². The molecule has 3 heteroatoms. The normalized spacial score (nSPS) is 11.0. The van der Waals surface area contributed by atoms with Crippen molar-refractivity contribution in [3.05, 3.63) is 84.4 Å². The predicted octanol–water partition coefficient (Wildman–Crippen LogP) is 5.87.